The van der Waals surface area contributed by atoms with Crippen molar-refractivity contribution >= 4 is 62.7 Å². The van der Waals surface area contributed by atoms with Crippen LogP contribution in [0, 0.1) is 3.57 Å². The highest BCUT2D eigenvalue weighted by Crippen LogP contribution is 2.28. The second-order valence-electron chi connectivity index (χ2n) is 4.31. The number of hydrogen-bond donors (Lipinski definition) is 3. The van der Waals surface area contributed by atoms with E-state index in [1.807, 2.05) is 25.1 Å². The summed E-state index contributed by atoms with van der Waals surface area (Å²) in [7, 11) is 0. The summed E-state index contributed by atoms with van der Waals surface area (Å²) in [4.78, 5) is 8.85. The van der Waals surface area contributed by atoms with Gasteiger partial charge < -0.3 is 10.6 Å². The zero-order valence-corrected chi connectivity index (χ0v) is 14.0. The Balaban J connectivity index is 2.04. The molecular weight excluding hydrogens is 403 g/mol. The van der Waals surface area contributed by atoms with Gasteiger partial charge in [0, 0.05) is 15.1 Å². The molecule has 0 saturated carbocycles. The number of anilines is 3. The van der Waals surface area contributed by atoms with Crippen molar-refractivity contribution in [3.05, 3.63) is 33.0 Å². The second-order valence-corrected chi connectivity index (χ2v) is 5.91. The Morgan fingerprint density at radius 2 is 2.19 bits per heavy atom. The average Bonchev–Trinajstić information content (AvgIpc) is 2.91. The van der Waals surface area contributed by atoms with Crippen LogP contribution in [0.2, 0.25) is 5.02 Å². The minimum Gasteiger partial charge on any atom is -0.354 e. The second kappa shape index (κ2) is 6.02. The van der Waals surface area contributed by atoms with Gasteiger partial charge in [0.05, 0.1) is 17.3 Å². The molecule has 0 unspecified atom stereocenters. The molecule has 0 aliphatic rings. The summed E-state index contributed by atoms with van der Waals surface area (Å²) < 4.78 is 1.01. The summed E-state index contributed by atoms with van der Waals surface area (Å²) in [5, 5.41) is 14.8. The Morgan fingerprint density at radius 3 is 2.95 bits per heavy atom. The summed E-state index contributed by atoms with van der Waals surface area (Å²) in [6.45, 7) is 2.74. The maximum absolute atomic E-state index is 5.98. The molecule has 0 aliphatic carbocycles. The van der Waals surface area contributed by atoms with E-state index in [2.05, 4.69) is 53.4 Å². The molecule has 2 heterocycles. The maximum atomic E-state index is 5.98. The monoisotopic (exact) mass is 414 g/mol. The van der Waals surface area contributed by atoms with Crippen LogP contribution in [0.25, 0.3) is 11.0 Å². The number of nitrogens with zero attached hydrogens (tertiary/aromatic N) is 3. The van der Waals surface area contributed by atoms with Crippen molar-refractivity contribution in [1.29, 1.82) is 0 Å². The summed E-state index contributed by atoms with van der Waals surface area (Å²) in [6.07, 6.45) is 1.70. The Kier molecular flexibility index (Phi) is 4.11. The van der Waals surface area contributed by atoms with Crippen molar-refractivity contribution in [2.75, 3.05) is 17.2 Å². The van der Waals surface area contributed by atoms with Gasteiger partial charge in [-0.1, -0.05) is 11.6 Å². The van der Waals surface area contributed by atoms with Crippen molar-refractivity contribution < 1.29 is 0 Å². The predicted octanol–water partition coefficient (Wildman–Crippen LogP) is 3.79. The molecule has 6 nitrogen and oxygen atoms in total. The molecule has 0 amide bonds. The normalized spacial score (nSPS) is 10.8. The number of halogens is 2. The van der Waals surface area contributed by atoms with E-state index >= 15 is 0 Å². The lowest BCUT2D eigenvalue weighted by Crippen LogP contribution is -2.05. The SMILES string of the molecule is CCNc1nc(Nc2ccc(Cl)cc2I)c2cn[nH]c2n1. The molecule has 3 aromatic rings. The Hall–Kier alpha value is -1.61. The fourth-order valence-electron chi connectivity index (χ4n) is 1.89. The molecule has 0 spiro atoms. The van der Waals surface area contributed by atoms with Gasteiger partial charge in [-0.15, -0.1) is 0 Å². The van der Waals surface area contributed by atoms with Crippen molar-refractivity contribution in [1.82, 2.24) is 20.2 Å². The van der Waals surface area contributed by atoms with Crippen LogP contribution in [0.4, 0.5) is 17.5 Å². The van der Waals surface area contributed by atoms with Crippen molar-refractivity contribution in [3.8, 4) is 0 Å². The van der Waals surface area contributed by atoms with Crippen LogP contribution in [0.1, 0.15) is 6.92 Å². The Labute approximate surface area is 139 Å². The summed E-state index contributed by atoms with van der Waals surface area (Å²) >= 11 is 8.21. The average molecular weight is 415 g/mol. The molecule has 108 valence electrons. The third-order valence-corrected chi connectivity index (χ3v) is 3.96. The first kappa shape index (κ1) is 14.3. The molecule has 0 saturated heterocycles. The third-order valence-electron chi connectivity index (χ3n) is 2.83. The van der Waals surface area contributed by atoms with Crippen molar-refractivity contribution in [3.63, 3.8) is 0 Å². The third kappa shape index (κ3) is 3.03. The van der Waals surface area contributed by atoms with Gasteiger partial charge in [-0.2, -0.15) is 15.1 Å². The standard InChI is InChI=1S/C13H12ClIN6/c1-2-16-13-19-11(8-6-17-21-12(8)20-13)18-10-4-3-7(14)5-9(10)15/h3-6H,2H2,1H3,(H3,16,17,18,19,20,21). The zero-order chi connectivity index (χ0) is 14.8. The maximum Gasteiger partial charge on any atom is 0.226 e. The van der Waals surface area contributed by atoms with E-state index < -0.39 is 0 Å². The number of benzene rings is 1. The van der Waals surface area contributed by atoms with Gasteiger partial charge in [0.1, 0.15) is 5.82 Å². The fourth-order valence-corrected chi connectivity index (χ4v) is 2.89. The van der Waals surface area contributed by atoms with E-state index in [0.717, 1.165) is 21.2 Å². The van der Waals surface area contributed by atoms with E-state index in [1.54, 1.807) is 6.20 Å². The number of H-pyrrole nitrogens is 1. The quantitative estimate of drug-likeness (QED) is 0.566. The highest BCUT2D eigenvalue weighted by molar-refractivity contribution is 14.1. The van der Waals surface area contributed by atoms with Crippen LogP contribution < -0.4 is 10.6 Å². The van der Waals surface area contributed by atoms with Gasteiger partial charge in [0.15, 0.2) is 5.65 Å². The zero-order valence-electron chi connectivity index (χ0n) is 11.1. The predicted molar refractivity (Wildman–Crippen MR) is 93.3 cm³/mol. The minimum atomic E-state index is 0.556. The van der Waals surface area contributed by atoms with Crippen molar-refractivity contribution in [2.45, 2.75) is 6.92 Å². The molecule has 0 radical (unpaired) electrons. The number of nitrogens with one attached hydrogen (secondary N) is 3. The number of fused-ring (bicyclic) bond motifs is 1. The number of aromatic amines is 1. The van der Waals surface area contributed by atoms with Crippen LogP contribution in [0.15, 0.2) is 24.4 Å². The minimum absolute atomic E-state index is 0.556. The molecule has 3 rings (SSSR count). The van der Waals surface area contributed by atoms with Gasteiger partial charge in [0.25, 0.3) is 0 Å². The first-order valence-electron chi connectivity index (χ1n) is 6.34. The smallest absolute Gasteiger partial charge is 0.226 e. The van der Waals surface area contributed by atoms with Gasteiger partial charge in [0.2, 0.25) is 5.95 Å². The lowest BCUT2D eigenvalue weighted by molar-refractivity contribution is 1.07. The first-order valence-corrected chi connectivity index (χ1v) is 7.80. The molecule has 0 aliphatic heterocycles. The summed E-state index contributed by atoms with van der Waals surface area (Å²) in [6, 6.07) is 5.65. The first-order chi connectivity index (χ1) is 10.2. The fraction of sp³-hybridized carbons (Fsp3) is 0.154. The highest BCUT2D eigenvalue weighted by Gasteiger charge is 2.11. The van der Waals surface area contributed by atoms with Crippen LogP contribution in [-0.2, 0) is 0 Å². The molecule has 0 bridgehead atoms. The molecule has 2 aromatic heterocycles. The highest BCUT2D eigenvalue weighted by atomic mass is 127. The lowest BCUT2D eigenvalue weighted by Gasteiger charge is -2.10. The van der Waals surface area contributed by atoms with E-state index in [9.17, 15) is 0 Å². The summed E-state index contributed by atoms with van der Waals surface area (Å²) in [5.74, 6) is 1.26. The van der Waals surface area contributed by atoms with Crippen LogP contribution in [-0.4, -0.2) is 26.7 Å². The molecule has 21 heavy (non-hydrogen) atoms. The number of rotatable bonds is 4. The molecular formula is C13H12ClIN6. The van der Waals surface area contributed by atoms with E-state index in [1.165, 1.54) is 0 Å². The van der Waals surface area contributed by atoms with Crippen LogP contribution in [0.3, 0.4) is 0 Å². The van der Waals surface area contributed by atoms with Gasteiger partial charge >= 0.3 is 0 Å². The van der Waals surface area contributed by atoms with Crippen LogP contribution in [0.5, 0.6) is 0 Å². The van der Waals surface area contributed by atoms with Gasteiger partial charge in [-0.25, -0.2) is 0 Å². The lowest BCUT2D eigenvalue weighted by atomic mass is 10.3. The number of hydrogen-bond acceptors (Lipinski definition) is 5. The molecule has 0 fully saturated rings. The van der Waals surface area contributed by atoms with Crippen LogP contribution >= 0.6 is 34.2 Å². The van der Waals surface area contributed by atoms with Crippen molar-refractivity contribution in [2.24, 2.45) is 0 Å². The van der Waals surface area contributed by atoms with Gasteiger partial charge in [-0.05, 0) is 47.7 Å². The molecule has 1 aromatic carbocycles. The topological polar surface area (TPSA) is 78.5 Å². The number of aromatic nitrogens is 4. The van der Waals surface area contributed by atoms with Gasteiger partial charge in [-0.3, -0.25) is 5.10 Å². The molecule has 0 atom stereocenters. The summed E-state index contributed by atoms with van der Waals surface area (Å²) in [5.41, 5.74) is 1.62. The Morgan fingerprint density at radius 1 is 1.33 bits per heavy atom. The Bertz CT molecular complexity index is 787. The molecule has 3 N–H and O–H groups in total. The molecule has 8 heteroatoms. The van der Waals surface area contributed by atoms with E-state index in [-0.39, 0.29) is 0 Å². The largest absolute Gasteiger partial charge is 0.354 e. The van der Waals surface area contributed by atoms with E-state index in [0.29, 0.717) is 22.4 Å². The van der Waals surface area contributed by atoms with E-state index in [4.69, 9.17) is 11.6 Å².